The summed E-state index contributed by atoms with van der Waals surface area (Å²) in [6, 6.07) is 7.98. The highest BCUT2D eigenvalue weighted by atomic mass is 19.1. The van der Waals surface area contributed by atoms with Crippen LogP contribution in [-0.4, -0.2) is 22.0 Å². The second-order valence-electron chi connectivity index (χ2n) is 5.20. The molecule has 0 amide bonds. The van der Waals surface area contributed by atoms with Gasteiger partial charge >= 0.3 is 5.97 Å². The van der Waals surface area contributed by atoms with Gasteiger partial charge in [0.25, 0.3) is 0 Å². The summed E-state index contributed by atoms with van der Waals surface area (Å²) in [5.74, 6) is 4.92. The molecule has 24 heavy (non-hydrogen) atoms. The molecule has 3 aromatic rings. The number of halogens is 1. The minimum absolute atomic E-state index is 0.302. The van der Waals surface area contributed by atoms with E-state index in [2.05, 4.69) is 16.8 Å². The number of esters is 1. The van der Waals surface area contributed by atoms with Gasteiger partial charge in [-0.1, -0.05) is 18.1 Å². The number of aryl methyl sites for hydroxylation is 1. The van der Waals surface area contributed by atoms with Crippen molar-refractivity contribution in [2.75, 3.05) is 6.61 Å². The summed E-state index contributed by atoms with van der Waals surface area (Å²) in [6.07, 6.45) is 3.47. The highest BCUT2D eigenvalue weighted by molar-refractivity contribution is 5.91. The van der Waals surface area contributed by atoms with Crippen LogP contribution in [0.3, 0.4) is 0 Å². The third-order valence-corrected chi connectivity index (χ3v) is 3.41. The molecule has 1 aromatic carbocycles. The number of fused-ring (bicyclic) bond motifs is 1. The molecule has 120 valence electrons. The minimum Gasteiger partial charge on any atom is -0.462 e. The Morgan fingerprint density at radius 3 is 2.83 bits per heavy atom. The molecule has 4 nitrogen and oxygen atoms in total. The first-order chi connectivity index (χ1) is 11.6. The maximum atomic E-state index is 13.7. The van der Waals surface area contributed by atoms with Crippen LogP contribution in [0, 0.1) is 24.6 Å². The van der Waals surface area contributed by atoms with Crippen LogP contribution in [0.4, 0.5) is 4.39 Å². The van der Waals surface area contributed by atoms with E-state index in [0.29, 0.717) is 28.9 Å². The molecule has 0 aliphatic carbocycles. The van der Waals surface area contributed by atoms with Crippen molar-refractivity contribution in [1.82, 2.24) is 9.38 Å². The van der Waals surface area contributed by atoms with Gasteiger partial charge in [-0.3, -0.25) is 0 Å². The maximum Gasteiger partial charge on any atom is 0.339 e. The number of hydrogen-bond donors (Lipinski definition) is 0. The van der Waals surface area contributed by atoms with Gasteiger partial charge in [0.05, 0.1) is 28.9 Å². The molecule has 0 unspecified atom stereocenters. The zero-order valence-corrected chi connectivity index (χ0v) is 13.3. The quantitative estimate of drug-likeness (QED) is 0.537. The summed E-state index contributed by atoms with van der Waals surface area (Å²) in [5.41, 5.74) is 2.63. The predicted octanol–water partition coefficient (Wildman–Crippen LogP) is 3.36. The van der Waals surface area contributed by atoms with Crippen molar-refractivity contribution in [2.45, 2.75) is 13.8 Å². The third kappa shape index (κ3) is 3.13. The van der Waals surface area contributed by atoms with Crippen molar-refractivity contribution in [1.29, 1.82) is 0 Å². The van der Waals surface area contributed by atoms with Crippen LogP contribution >= 0.6 is 0 Å². The number of ether oxygens (including phenoxy) is 1. The Balaban J connectivity index is 2.08. The molecule has 0 saturated heterocycles. The fourth-order valence-corrected chi connectivity index (χ4v) is 2.35. The predicted molar refractivity (Wildman–Crippen MR) is 88.3 cm³/mol. The highest BCUT2D eigenvalue weighted by Gasteiger charge is 2.12. The van der Waals surface area contributed by atoms with Gasteiger partial charge in [0.2, 0.25) is 0 Å². The van der Waals surface area contributed by atoms with E-state index in [1.807, 2.05) is 6.92 Å². The summed E-state index contributed by atoms with van der Waals surface area (Å²) in [5, 5.41) is 0. The first-order valence-corrected chi connectivity index (χ1v) is 7.51. The van der Waals surface area contributed by atoms with Crippen molar-refractivity contribution < 1.29 is 13.9 Å². The summed E-state index contributed by atoms with van der Waals surface area (Å²) < 4.78 is 20.5. The monoisotopic (exact) mass is 322 g/mol. The first-order valence-electron chi connectivity index (χ1n) is 7.51. The molecule has 0 aliphatic rings. The van der Waals surface area contributed by atoms with Gasteiger partial charge in [-0.05, 0) is 38.0 Å². The highest BCUT2D eigenvalue weighted by Crippen LogP contribution is 2.15. The number of hydrogen-bond acceptors (Lipinski definition) is 3. The molecule has 0 fully saturated rings. The molecule has 3 rings (SSSR count). The minimum atomic E-state index is -0.396. The Kier molecular flexibility index (Phi) is 4.30. The summed E-state index contributed by atoms with van der Waals surface area (Å²) in [6.45, 7) is 3.89. The van der Waals surface area contributed by atoms with Crippen molar-refractivity contribution in [3.05, 3.63) is 71.1 Å². The third-order valence-electron chi connectivity index (χ3n) is 3.41. The topological polar surface area (TPSA) is 43.6 Å². The Labute approximate surface area is 138 Å². The zero-order chi connectivity index (χ0) is 17.1. The Hall–Kier alpha value is -3.13. The van der Waals surface area contributed by atoms with Gasteiger partial charge < -0.3 is 9.14 Å². The smallest absolute Gasteiger partial charge is 0.339 e. The van der Waals surface area contributed by atoms with E-state index in [4.69, 9.17) is 4.74 Å². The van der Waals surface area contributed by atoms with Crippen LogP contribution in [-0.2, 0) is 4.74 Å². The molecule has 0 N–H and O–H groups in total. The number of aromatic nitrogens is 2. The molecular formula is C19H15FN2O2. The fraction of sp³-hybridized carbons (Fsp3) is 0.158. The van der Waals surface area contributed by atoms with Crippen molar-refractivity contribution in [3.8, 4) is 11.8 Å². The molecule has 0 radical (unpaired) electrons. The number of carbonyl (C=O) groups excluding carboxylic acids is 1. The second kappa shape index (κ2) is 6.55. The van der Waals surface area contributed by atoms with Gasteiger partial charge in [0, 0.05) is 12.4 Å². The summed E-state index contributed by atoms with van der Waals surface area (Å²) >= 11 is 0. The number of nitrogens with zero attached hydrogens (tertiary/aromatic N) is 2. The molecule has 5 heteroatoms. The van der Waals surface area contributed by atoms with Crippen molar-refractivity contribution in [3.63, 3.8) is 0 Å². The SMILES string of the molecule is CCOC(=O)c1cc2c(C#Cc3ccccc3F)nc(C)cn2c1. The van der Waals surface area contributed by atoms with Gasteiger partial charge in [0.1, 0.15) is 11.5 Å². The van der Waals surface area contributed by atoms with E-state index in [1.54, 1.807) is 48.0 Å². The van der Waals surface area contributed by atoms with E-state index >= 15 is 0 Å². The average molecular weight is 322 g/mol. The first kappa shape index (κ1) is 15.8. The maximum absolute atomic E-state index is 13.7. The number of rotatable bonds is 2. The van der Waals surface area contributed by atoms with E-state index in [0.717, 1.165) is 5.69 Å². The van der Waals surface area contributed by atoms with E-state index in [1.165, 1.54) is 6.07 Å². The van der Waals surface area contributed by atoms with Crippen LogP contribution in [0.1, 0.15) is 34.2 Å². The molecule has 2 heterocycles. The number of benzene rings is 1. The average Bonchev–Trinajstić information content (AvgIpc) is 2.98. The molecular weight excluding hydrogens is 307 g/mol. The van der Waals surface area contributed by atoms with Crippen molar-refractivity contribution >= 4 is 11.5 Å². The molecule has 0 bridgehead atoms. The van der Waals surface area contributed by atoms with Gasteiger partial charge in [0.15, 0.2) is 0 Å². The van der Waals surface area contributed by atoms with Crippen LogP contribution in [0.2, 0.25) is 0 Å². The molecule has 0 spiro atoms. The summed E-state index contributed by atoms with van der Waals surface area (Å²) in [7, 11) is 0. The fourth-order valence-electron chi connectivity index (χ4n) is 2.35. The van der Waals surface area contributed by atoms with Crippen LogP contribution in [0.5, 0.6) is 0 Å². The summed E-state index contributed by atoms with van der Waals surface area (Å²) in [4.78, 5) is 16.3. The van der Waals surface area contributed by atoms with E-state index in [9.17, 15) is 9.18 Å². The molecule has 0 atom stereocenters. The lowest BCUT2D eigenvalue weighted by atomic mass is 10.2. The lowest BCUT2D eigenvalue weighted by Crippen LogP contribution is -2.02. The standard InChI is InChI=1S/C19H15FN2O2/c1-3-24-19(23)15-10-18-17(21-13(2)11-22(18)12-15)9-8-14-6-4-5-7-16(14)20/h4-7,10-12H,3H2,1-2H3. The Morgan fingerprint density at radius 2 is 2.08 bits per heavy atom. The Bertz CT molecular complexity index is 980. The Morgan fingerprint density at radius 1 is 1.29 bits per heavy atom. The lowest BCUT2D eigenvalue weighted by molar-refractivity contribution is 0.0526. The normalized spacial score (nSPS) is 10.3. The lowest BCUT2D eigenvalue weighted by Gasteiger charge is -1.99. The van der Waals surface area contributed by atoms with Gasteiger partial charge in [-0.25, -0.2) is 14.2 Å². The van der Waals surface area contributed by atoms with Crippen molar-refractivity contribution in [2.24, 2.45) is 0 Å². The molecule has 0 saturated carbocycles. The largest absolute Gasteiger partial charge is 0.462 e. The second-order valence-corrected chi connectivity index (χ2v) is 5.20. The molecule has 0 aliphatic heterocycles. The number of carbonyl (C=O) groups is 1. The van der Waals surface area contributed by atoms with Gasteiger partial charge in [-0.15, -0.1) is 0 Å². The van der Waals surface area contributed by atoms with E-state index in [-0.39, 0.29) is 5.82 Å². The van der Waals surface area contributed by atoms with Crippen LogP contribution in [0.15, 0.2) is 42.7 Å². The van der Waals surface area contributed by atoms with Gasteiger partial charge in [-0.2, -0.15) is 0 Å². The zero-order valence-electron chi connectivity index (χ0n) is 13.3. The molecule has 2 aromatic heterocycles. The van der Waals surface area contributed by atoms with Crippen LogP contribution in [0.25, 0.3) is 5.52 Å². The van der Waals surface area contributed by atoms with Crippen LogP contribution < -0.4 is 0 Å². The van der Waals surface area contributed by atoms with E-state index < -0.39 is 5.97 Å².